The fourth-order valence-electron chi connectivity index (χ4n) is 3.88. The monoisotopic (exact) mass is 437 g/mol. The summed E-state index contributed by atoms with van der Waals surface area (Å²) in [6.07, 6.45) is 3.18. The van der Waals surface area contributed by atoms with E-state index in [2.05, 4.69) is 5.32 Å². The normalized spacial score (nSPS) is 20.8. The van der Waals surface area contributed by atoms with Crippen LogP contribution in [0.1, 0.15) is 56.9 Å². The van der Waals surface area contributed by atoms with Crippen molar-refractivity contribution in [3.8, 4) is 0 Å². The quantitative estimate of drug-likeness (QED) is 0.448. The number of benzene rings is 1. The molecule has 0 aromatic heterocycles. The average molecular weight is 438 g/mol. The molecular formula is C21H28ClN3O5. The highest BCUT2D eigenvalue weighted by Gasteiger charge is 2.40. The van der Waals surface area contributed by atoms with E-state index in [1.165, 1.54) is 0 Å². The highest BCUT2D eigenvalue weighted by atomic mass is 35.5. The maximum Gasteiger partial charge on any atom is 0.409 e. The van der Waals surface area contributed by atoms with Crippen LogP contribution in [0, 0.1) is 5.92 Å². The molecular weight excluding hydrogens is 410 g/mol. The van der Waals surface area contributed by atoms with Crippen molar-refractivity contribution < 1.29 is 24.3 Å². The fraction of sp³-hybridized carbons (Fsp3) is 0.571. The number of likely N-dealkylation sites (tertiary alicyclic amines) is 1. The SMILES string of the molecule is CC[C@H](C(=O)NO)[C@H](C(=O)N1CCCC[C@@H]1OC(=O)NC1CC1)c1ccc(Cl)cc1. The van der Waals surface area contributed by atoms with Crippen molar-refractivity contribution in [2.45, 2.75) is 63.6 Å². The number of hydroxylamine groups is 1. The molecule has 3 atom stereocenters. The third kappa shape index (κ3) is 5.43. The minimum absolute atomic E-state index is 0.157. The molecule has 1 heterocycles. The first-order valence-electron chi connectivity index (χ1n) is 10.4. The molecule has 0 radical (unpaired) electrons. The molecule has 9 heteroatoms. The van der Waals surface area contributed by atoms with Crippen LogP contribution < -0.4 is 10.8 Å². The van der Waals surface area contributed by atoms with Crippen molar-refractivity contribution in [2.24, 2.45) is 5.92 Å². The molecule has 1 aliphatic carbocycles. The van der Waals surface area contributed by atoms with E-state index >= 15 is 0 Å². The summed E-state index contributed by atoms with van der Waals surface area (Å²) in [5, 5.41) is 12.5. The Morgan fingerprint density at radius 1 is 1.20 bits per heavy atom. The number of piperidine rings is 1. The number of carbonyl (C=O) groups is 3. The molecule has 1 aromatic carbocycles. The van der Waals surface area contributed by atoms with Crippen molar-refractivity contribution in [2.75, 3.05) is 6.54 Å². The van der Waals surface area contributed by atoms with E-state index in [1.807, 2.05) is 0 Å². The van der Waals surface area contributed by atoms with E-state index < -0.39 is 30.1 Å². The molecule has 2 aliphatic rings. The molecule has 3 rings (SSSR count). The number of ether oxygens (including phenoxy) is 1. The van der Waals surface area contributed by atoms with Crippen LogP contribution in [0.15, 0.2) is 24.3 Å². The van der Waals surface area contributed by atoms with Gasteiger partial charge in [0.1, 0.15) is 0 Å². The Hall–Kier alpha value is -2.32. The summed E-state index contributed by atoms with van der Waals surface area (Å²) in [6.45, 7) is 2.21. The van der Waals surface area contributed by atoms with Crippen molar-refractivity contribution >= 4 is 29.5 Å². The second-order valence-corrected chi connectivity index (χ2v) is 8.26. The topological polar surface area (TPSA) is 108 Å². The van der Waals surface area contributed by atoms with E-state index in [0.29, 0.717) is 30.0 Å². The van der Waals surface area contributed by atoms with Crippen LogP contribution in [-0.2, 0) is 14.3 Å². The summed E-state index contributed by atoms with van der Waals surface area (Å²) in [6, 6.07) is 6.89. The minimum Gasteiger partial charge on any atom is -0.425 e. The second kappa shape index (κ2) is 10.1. The van der Waals surface area contributed by atoms with Crippen LogP contribution >= 0.6 is 11.6 Å². The first kappa shape index (κ1) is 22.4. The predicted molar refractivity (Wildman–Crippen MR) is 110 cm³/mol. The molecule has 1 saturated heterocycles. The summed E-state index contributed by atoms with van der Waals surface area (Å²) in [4.78, 5) is 39.7. The standard InChI is InChI=1S/C21H28ClN3O5/c1-2-16(19(26)24-29)18(13-6-8-14(22)9-7-13)20(27)25-12-4-3-5-17(25)30-21(28)23-15-10-11-15/h6-9,15-18,29H,2-5,10-12H2,1H3,(H,23,28)(H,24,26)/t16-,17-,18+/m0/s1. The van der Waals surface area contributed by atoms with Crippen LogP contribution in [0.4, 0.5) is 4.79 Å². The molecule has 8 nitrogen and oxygen atoms in total. The van der Waals surface area contributed by atoms with Gasteiger partial charge in [0.25, 0.3) is 0 Å². The number of nitrogens with one attached hydrogen (secondary N) is 2. The van der Waals surface area contributed by atoms with Gasteiger partial charge in [-0.3, -0.25) is 14.8 Å². The first-order chi connectivity index (χ1) is 14.4. The van der Waals surface area contributed by atoms with Gasteiger partial charge in [0.15, 0.2) is 6.23 Å². The lowest BCUT2D eigenvalue weighted by Gasteiger charge is -2.38. The highest BCUT2D eigenvalue weighted by Crippen LogP contribution is 2.33. The van der Waals surface area contributed by atoms with E-state index in [0.717, 1.165) is 25.7 Å². The molecule has 1 saturated carbocycles. The maximum atomic E-state index is 13.7. The Labute approximate surface area is 180 Å². The number of hydrogen-bond donors (Lipinski definition) is 3. The summed E-state index contributed by atoms with van der Waals surface area (Å²) >= 11 is 6.00. The first-order valence-corrected chi connectivity index (χ1v) is 10.8. The fourth-order valence-corrected chi connectivity index (χ4v) is 4.00. The molecule has 3 amide bonds. The third-order valence-corrected chi connectivity index (χ3v) is 5.91. The van der Waals surface area contributed by atoms with Gasteiger partial charge in [-0.05, 0) is 49.8 Å². The molecule has 2 fully saturated rings. The van der Waals surface area contributed by atoms with Crippen molar-refractivity contribution in [1.29, 1.82) is 0 Å². The highest BCUT2D eigenvalue weighted by molar-refractivity contribution is 6.30. The van der Waals surface area contributed by atoms with Gasteiger partial charge in [0.2, 0.25) is 11.8 Å². The van der Waals surface area contributed by atoms with Crippen molar-refractivity contribution in [3.05, 3.63) is 34.9 Å². The predicted octanol–water partition coefficient (Wildman–Crippen LogP) is 3.18. The van der Waals surface area contributed by atoms with Gasteiger partial charge < -0.3 is 15.0 Å². The van der Waals surface area contributed by atoms with E-state index in [1.54, 1.807) is 41.6 Å². The number of carbonyl (C=O) groups excluding carboxylic acids is 3. The average Bonchev–Trinajstić information content (AvgIpc) is 3.56. The van der Waals surface area contributed by atoms with Crippen LogP contribution in [0.25, 0.3) is 0 Å². The van der Waals surface area contributed by atoms with Gasteiger partial charge in [-0.2, -0.15) is 0 Å². The van der Waals surface area contributed by atoms with E-state index in [4.69, 9.17) is 16.3 Å². The van der Waals surface area contributed by atoms with Gasteiger partial charge in [-0.25, -0.2) is 10.3 Å². The third-order valence-electron chi connectivity index (χ3n) is 5.66. The Morgan fingerprint density at radius 3 is 2.50 bits per heavy atom. The summed E-state index contributed by atoms with van der Waals surface area (Å²) in [5.74, 6) is -2.56. The zero-order valence-corrected chi connectivity index (χ0v) is 17.7. The Kier molecular flexibility index (Phi) is 7.55. The number of alkyl carbamates (subject to hydrolysis) is 1. The molecule has 0 bridgehead atoms. The van der Waals surface area contributed by atoms with Crippen LogP contribution in [0.2, 0.25) is 5.02 Å². The number of rotatable bonds is 7. The van der Waals surface area contributed by atoms with Crippen LogP contribution in [0.5, 0.6) is 0 Å². The summed E-state index contributed by atoms with van der Waals surface area (Å²) < 4.78 is 5.57. The maximum absolute atomic E-state index is 13.7. The van der Waals surface area contributed by atoms with E-state index in [-0.39, 0.29) is 11.9 Å². The molecule has 3 N–H and O–H groups in total. The lowest BCUT2D eigenvalue weighted by molar-refractivity contribution is -0.151. The van der Waals surface area contributed by atoms with Gasteiger partial charge in [-0.1, -0.05) is 30.7 Å². The van der Waals surface area contributed by atoms with Gasteiger partial charge in [0.05, 0.1) is 11.8 Å². The zero-order chi connectivity index (χ0) is 21.7. The Morgan fingerprint density at radius 2 is 1.90 bits per heavy atom. The molecule has 0 unspecified atom stereocenters. The van der Waals surface area contributed by atoms with Gasteiger partial charge >= 0.3 is 6.09 Å². The molecule has 1 aliphatic heterocycles. The van der Waals surface area contributed by atoms with Crippen molar-refractivity contribution in [1.82, 2.24) is 15.7 Å². The molecule has 1 aromatic rings. The lowest BCUT2D eigenvalue weighted by Crippen LogP contribution is -2.51. The smallest absolute Gasteiger partial charge is 0.409 e. The second-order valence-electron chi connectivity index (χ2n) is 7.83. The Bertz CT molecular complexity index is 768. The molecule has 164 valence electrons. The van der Waals surface area contributed by atoms with Crippen LogP contribution in [0.3, 0.4) is 0 Å². The van der Waals surface area contributed by atoms with Gasteiger partial charge in [0, 0.05) is 24.0 Å². The van der Waals surface area contributed by atoms with Crippen LogP contribution in [-0.4, -0.2) is 46.8 Å². The molecule has 0 spiro atoms. The Balaban J connectivity index is 1.85. The van der Waals surface area contributed by atoms with Gasteiger partial charge in [-0.15, -0.1) is 0 Å². The number of amides is 3. The zero-order valence-electron chi connectivity index (χ0n) is 17.0. The number of hydrogen-bond acceptors (Lipinski definition) is 5. The lowest BCUT2D eigenvalue weighted by atomic mass is 9.82. The molecule has 30 heavy (non-hydrogen) atoms. The number of nitrogens with zero attached hydrogens (tertiary/aromatic N) is 1. The summed E-state index contributed by atoms with van der Waals surface area (Å²) in [7, 11) is 0. The largest absolute Gasteiger partial charge is 0.425 e. The minimum atomic E-state index is -0.838. The van der Waals surface area contributed by atoms with Crippen molar-refractivity contribution in [3.63, 3.8) is 0 Å². The van der Waals surface area contributed by atoms with E-state index in [9.17, 15) is 19.6 Å². The summed E-state index contributed by atoms with van der Waals surface area (Å²) in [5.41, 5.74) is 2.29. The number of halogens is 1.